The highest BCUT2D eigenvalue weighted by molar-refractivity contribution is 5.92. The second kappa shape index (κ2) is 6.79. The Morgan fingerprint density at radius 1 is 1.21 bits per heavy atom. The summed E-state index contributed by atoms with van der Waals surface area (Å²) in [6, 6.07) is 2.65. The molecular formula is C12H14F2N2O3. The second-order valence-corrected chi connectivity index (χ2v) is 3.90. The minimum atomic E-state index is -1.05. The van der Waals surface area contributed by atoms with Crippen molar-refractivity contribution in [3.8, 4) is 0 Å². The van der Waals surface area contributed by atoms with Crippen LogP contribution >= 0.6 is 0 Å². The normalized spacial score (nSPS) is 10.5. The predicted octanol–water partition coefficient (Wildman–Crippen LogP) is 1.31. The number of carbonyl (C=O) groups excluding carboxylic acids is 1. The molecule has 0 aliphatic carbocycles. The number of benzene rings is 1. The van der Waals surface area contributed by atoms with Crippen LogP contribution in [0.2, 0.25) is 0 Å². The molecule has 0 heterocycles. The van der Waals surface area contributed by atoms with Crippen LogP contribution in [0.1, 0.15) is 6.92 Å². The van der Waals surface area contributed by atoms with Crippen LogP contribution in [0.15, 0.2) is 18.2 Å². The quantitative estimate of drug-likeness (QED) is 0.819. The molecule has 1 amide bonds. The largest absolute Gasteiger partial charge is 0.480 e. The summed E-state index contributed by atoms with van der Waals surface area (Å²) in [7, 11) is 0. The van der Waals surface area contributed by atoms with Gasteiger partial charge in [0.2, 0.25) is 5.91 Å². The third kappa shape index (κ3) is 5.43. The van der Waals surface area contributed by atoms with Gasteiger partial charge in [0.15, 0.2) is 0 Å². The minimum Gasteiger partial charge on any atom is -0.480 e. The summed E-state index contributed by atoms with van der Waals surface area (Å²) in [6.45, 7) is 1.64. The van der Waals surface area contributed by atoms with Crippen molar-refractivity contribution in [3.05, 3.63) is 29.8 Å². The highest BCUT2D eigenvalue weighted by Gasteiger charge is 2.13. The summed E-state index contributed by atoms with van der Waals surface area (Å²) in [5, 5.41) is 10.9. The molecule has 0 aliphatic heterocycles. The molecule has 0 saturated heterocycles. The number of hydrogen-bond donors (Lipinski definition) is 2. The Balaban J connectivity index is 2.61. The summed E-state index contributed by atoms with van der Waals surface area (Å²) in [4.78, 5) is 23.5. The van der Waals surface area contributed by atoms with Crippen LogP contribution < -0.4 is 5.32 Å². The first-order valence-electron chi connectivity index (χ1n) is 5.60. The number of carboxylic acid groups (broad SMARTS) is 1. The van der Waals surface area contributed by atoms with Gasteiger partial charge < -0.3 is 10.4 Å². The molecule has 1 aromatic carbocycles. The molecule has 0 aromatic heterocycles. The van der Waals surface area contributed by atoms with E-state index in [-0.39, 0.29) is 18.8 Å². The average molecular weight is 272 g/mol. The highest BCUT2D eigenvalue weighted by Crippen LogP contribution is 2.12. The fourth-order valence-corrected chi connectivity index (χ4v) is 1.50. The van der Waals surface area contributed by atoms with Crippen molar-refractivity contribution in [1.82, 2.24) is 4.90 Å². The lowest BCUT2D eigenvalue weighted by Crippen LogP contribution is -2.36. The van der Waals surface area contributed by atoms with E-state index in [0.29, 0.717) is 12.6 Å². The molecule has 0 spiro atoms. The monoisotopic (exact) mass is 272 g/mol. The van der Waals surface area contributed by atoms with E-state index in [9.17, 15) is 18.4 Å². The Bertz CT molecular complexity index is 460. The first-order chi connectivity index (χ1) is 8.90. The number of carboxylic acids is 1. The van der Waals surface area contributed by atoms with Gasteiger partial charge in [-0.05, 0) is 18.7 Å². The zero-order valence-corrected chi connectivity index (χ0v) is 10.3. The van der Waals surface area contributed by atoms with Crippen LogP contribution in [-0.2, 0) is 9.59 Å². The number of rotatable bonds is 6. The molecule has 1 aromatic rings. The molecule has 0 bridgehead atoms. The topological polar surface area (TPSA) is 69.6 Å². The van der Waals surface area contributed by atoms with Crippen molar-refractivity contribution < 1.29 is 23.5 Å². The molecule has 0 fully saturated rings. The zero-order chi connectivity index (χ0) is 14.4. The van der Waals surface area contributed by atoms with E-state index in [0.717, 1.165) is 12.1 Å². The fourth-order valence-electron chi connectivity index (χ4n) is 1.50. The van der Waals surface area contributed by atoms with E-state index in [1.165, 1.54) is 4.90 Å². The Kier molecular flexibility index (Phi) is 5.37. The highest BCUT2D eigenvalue weighted by atomic mass is 19.1. The molecular weight excluding hydrogens is 258 g/mol. The first-order valence-corrected chi connectivity index (χ1v) is 5.60. The number of aliphatic carboxylic acids is 1. The number of nitrogens with zero attached hydrogens (tertiary/aromatic N) is 1. The van der Waals surface area contributed by atoms with E-state index in [4.69, 9.17) is 5.11 Å². The standard InChI is InChI=1S/C12H14F2N2O3/c1-2-16(7-12(18)19)6-11(17)15-10-4-8(13)3-9(14)5-10/h3-5H,2,6-7H2,1H3,(H,15,17)(H,18,19). The summed E-state index contributed by atoms with van der Waals surface area (Å²) in [6.07, 6.45) is 0. The predicted molar refractivity (Wildman–Crippen MR) is 64.7 cm³/mol. The van der Waals surface area contributed by atoms with Crippen LogP contribution in [0.3, 0.4) is 0 Å². The smallest absolute Gasteiger partial charge is 0.317 e. The van der Waals surface area contributed by atoms with Crippen LogP contribution in [0.4, 0.5) is 14.5 Å². The van der Waals surface area contributed by atoms with Crippen molar-refractivity contribution >= 4 is 17.6 Å². The van der Waals surface area contributed by atoms with Gasteiger partial charge in [-0.25, -0.2) is 8.78 Å². The fraction of sp³-hybridized carbons (Fsp3) is 0.333. The number of nitrogens with one attached hydrogen (secondary N) is 1. The zero-order valence-electron chi connectivity index (χ0n) is 10.3. The Morgan fingerprint density at radius 3 is 2.26 bits per heavy atom. The molecule has 0 radical (unpaired) electrons. The molecule has 1 rings (SSSR count). The average Bonchev–Trinajstić information content (AvgIpc) is 2.25. The van der Waals surface area contributed by atoms with Gasteiger partial charge in [0.1, 0.15) is 11.6 Å². The molecule has 2 N–H and O–H groups in total. The van der Waals surface area contributed by atoms with E-state index in [2.05, 4.69) is 5.32 Å². The van der Waals surface area contributed by atoms with Crippen LogP contribution in [0.5, 0.6) is 0 Å². The van der Waals surface area contributed by atoms with Crippen LogP contribution in [0.25, 0.3) is 0 Å². The van der Waals surface area contributed by atoms with E-state index >= 15 is 0 Å². The number of halogens is 2. The Hall–Kier alpha value is -2.02. The van der Waals surface area contributed by atoms with Gasteiger partial charge in [-0.3, -0.25) is 14.5 Å². The van der Waals surface area contributed by atoms with Gasteiger partial charge in [-0.1, -0.05) is 6.92 Å². The second-order valence-electron chi connectivity index (χ2n) is 3.90. The third-order valence-corrected chi connectivity index (χ3v) is 2.32. The molecule has 0 aliphatic rings. The Labute approximate surface area is 108 Å². The summed E-state index contributed by atoms with van der Waals surface area (Å²) in [5.41, 5.74) is -0.00567. The summed E-state index contributed by atoms with van der Waals surface area (Å²) >= 11 is 0. The molecule has 0 saturated carbocycles. The maximum atomic E-state index is 12.9. The van der Waals surface area contributed by atoms with Gasteiger partial charge in [0, 0.05) is 11.8 Å². The SMILES string of the molecule is CCN(CC(=O)O)CC(=O)Nc1cc(F)cc(F)c1. The van der Waals surface area contributed by atoms with Crippen molar-refractivity contribution in [2.75, 3.05) is 25.0 Å². The van der Waals surface area contributed by atoms with Gasteiger partial charge in [-0.15, -0.1) is 0 Å². The summed E-state index contributed by atoms with van der Waals surface area (Å²) in [5.74, 6) is -3.18. The van der Waals surface area contributed by atoms with Crippen LogP contribution in [-0.4, -0.2) is 41.5 Å². The minimum absolute atomic E-state index is 0.00567. The molecule has 19 heavy (non-hydrogen) atoms. The summed E-state index contributed by atoms with van der Waals surface area (Å²) < 4.78 is 25.8. The lowest BCUT2D eigenvalue weighted by Gasteiger charge is -2.17. The molecule has 7 heteroatoms. The lowest BCUT2D eigenvalue weighted by atomic mass is 10.3. The maximum Gasteiger partial charge on any atom is 0.317 e. The van der Waals surface area contributed by atoms with E-state index in [1.54, 1.807) is 6.92 Å². The number of carbonyl (C=O) groups is 2. The van der Waals surface area contributed by atoms with E-state index < -0.39 is 23.5 Å². The van der Waals surface area contributed by atoms with Crippen LogP contribution in [0, 0.1) is 11.6 Å². The third-order valence-electron chi connectivity index (χ3n) is 2.32. The van der Waals surface area contributed by atoms with Gasteiger partial charge in [0.05, 0.1) is 13.1 Å². The maximum absolute atomic E-state index is 12.9. The van der Waals surface area contributed by atoms with Crippen molar-refractivity contribution in [1.29, 1.82) is 0 Å². The molecule has 5 nitrogen and oxygen atoms in total. The number of amides is 1. The van der Waals surface area contributed by atoms with Gasteiger partial charge in [0.25, 0.3) is 0 Å². The molecule has 0 unspecified atom stereocenters. The van der Waals surface area contributed by atoms with E-state index in [1.807, 2.05) is 0 Å². The van der Waals surface area contributed by atoms with Gasteiger partial charge >= 0.3 is 5.97 Å². The number of anilines is 1. The number of likely N-dealkylation sites (N-methyl/N-ethyl adjacent to an activating group) is 1. The molecule has 0 atom stereocenters. The van der Waals surface area contributed by atoms with Crippen molar-refractivity contribution in [3.63, 3.8) is 0 Å². The van der Waals surface area contributed by atoms with Gasteiger partial charge in [-0.2, -0.15) is 0 Å². The van der Waals surface area contributed by atoms with Crippen molar-refractivity contribution in [2.45, 2.75) is 6.92 Å². The Morgan fingerprint density at radius 2 is 1.79 bits per heavy atom. The van der Waals surface area contributed by atoms with Crippen molar-refractivity contribution in [2.24, 2.45) is 0 Å². The lowest BCUT2D eigenvalue weighted by molar-refractivity contribution is -0.138. The first kappa shape index (κ1) is 15.0. The number of hydrogen-bond acceptors (Lipinski definition) is 3. The molecule has 104 valence electrons.